The number of aryl methyl sites for hydroxylation is 1. The molecular formula is C33H30N6O3. The molecular weight excluding hydrogens is 528 g/mol. The molecule has 9 nitrogen and oxygen atoms in total. The molecule has 0 radical (unpaired) electrons. The van der Waals surface area contributed by atoms with Crippen molar-refractivity contribution < 1.29 is 14.4 Å². The summed E-state index contributed by atoms with van der Waals surface area (Å²) < 4.78 is 0. The molecule has 1 aliphatic rings. The van der Waals surface area contributed by atoms with Gasteiger partial charge in [0, 0.05) is 47.4 Å². The minimum atomic E-state index is -0.539. The summed E-state index contributed by atoms with van der Waals surface area (Å²) in [5, 5.41) is 15.0. The van der Waals surface area contributed by atoms with Gasteiger partial charge in [-0.15, -0.1) is 0 Å². The number of hydrogen-bond donors (Lipinski definition) is 3. The van der Waals surface area contributed by atoms with Crippen LogP contribution in [0.4, 0.5) is 17.2 Å². The van der Waals surface area contributed by atoms with Crippen LogP contribution in [-0.4, -0.2) is 40.7 Å². The number of anilines is 3. The highest BCUT2D eigenvalue weighted by atomic mass is 16.2. The van der Waals surface area contributed by atoms with Gasteiger partial charge in [0.1, 0.15) is 5.82 Å². The Bertz CT molecular complexity index is 1690. The second-order valence-corrected chi connectivity index (χ2v) is 10.3. The first-order chi connectivity index (χ1) is 20.3. The number of rotatable bonds is 7. The number of amides is 3. The van der Waals surface area contributed by atoms with Crippen molar-refractivity contribution in [3.63, 3.8) is 0 Å². The van der Waals surface area contributed by atoms with Crippen LogP contribution in [0.5, 0.6) is 0 Å². The number of benzene rings is 3. The molecule has 0 saturated carbocycles. The third-order valence-electron chi connectivity index (χ3n) is 7.47. The Morgan fingerprint density at radius 3 is 2.40 bits per heavy atom. The molecule has 0 unspecified atom stereocenters. The lowest BCUT2D eigenvalue weighted by molar-refractivity contribution is 0.0712. The van der Waals surface area contributed by atoms with Crippen LogP contribution in [0.2, 0.25) is 0 Å². The number of nitriles is 1. The fourth-order valence-corrected chi connectivity index (χ4v) is 5.05. The van der Waals surface area contributed by atoms with Crippen molar-refractivity contribution in [2.45, 2.75) is 25.7 Å². The van der Waals surface area contributed by atoms with Gasteiger partial charge < -0.3 is 21.3 Å². The van der Waals surface area contributed by atoms with Crippen molar-refractivity contribution in [3.8, 4) is 6.07 Å². The third kappa shape index (κ3) is 6.45. The number of nitrogens with one attached hydrogen (secondary N) is 2. The number of nitrogens with two attached hydrogens (primary N) is 1. The minimum Gasteiger partial charge on any atom is -0.366 e. The molecule has 3 amide bonds. The Kier molecular flexibility index (Phi) is 8.25. The molecule has 5 rings (SSSR count). The Hall–Kier alpha value is -5.49. The van der Waals surface area contributed by atoms with E-state index in [0.717, 1.165) is 18.4 Å². The second-order valence-electron chi connectivity index (χ2n) is 10.3. The van der Waals surface area contributed by atoms with Gasteiger partial charge in [-0.1, -0.05) is 24.3 Å². The molecule has 0 spiro atoms. The second kappa shape index (κ2) is 12.4. The van der Waals surface area contributed by atoms with Crippen molar-refractivity contribution in [1.29, 1.82) is 5.26 Å². The van der Waals surface area contributed by atoms with Crippen molar-refractivity contribution in [1.82, 2.24) is 9.88 Å². The first kappa shape index (κ1) is 28.1. The molecule has 4 aromatic rings. The van der Waals surface area contributed by atoms with Crippen molar-refractivity contribution in [2.24, 2.45) is 5.73 Å². The van der Waals surface area contributed by atoms with E-state index >= 15 is 0 Å². The summed E-state index contributed by atoms with van der Waals surface area (Å²) in [5.74, 6) is -0.182. The molecule has 1 aromatic heterocycles. The Labute approximate surface area is 244 Å². The van der Waals surface area contributed by atoms with Crippen molar-refractivity contribution in [2.75, 3.05) is 23.7 Å². The zero-order valence-corrected chi connectivity index (χ0v) is 23.1. The molecule has 1 aliphatic heterocycles. The van der Waals surface area contributed by atoms with Gasteiger partial charge in [0.15, 0.2) is 0 Å². The quantitative estimate of drug-likeness (QED) is 0.278. The Morgan fingerprint density at radius 1 is 0.929 bits per heavy atom. The number of primary amides is 1. The standard InChI is InChI=1S/C33H30N6O3/c1-21-5-8-27(33(42)39-15-12-24(13-16-39)23-9-6-22(20-34)7-10-23)18-29(21)38-32(41)26-11-14-36-30(19-26)37-28-4-2-3-25(17-28)31(35)40/h2-11,14,17-19,24H,12-13,15-16H2,1H3,(H2,35,40)(H,36,37)(H,38,41). The topological polar surface area (TPSA) is 141 Å². The summed E-state index contributed by atoms with van der Waals surface area (Å²) in [6.07, 6.45) is 3.21. The third-order valence-corrected chi connectivity index (χ3v) is 7.47. The molecule has 9 heteroatoms. The van der Waals surface area contributed by atoms with E-state index in [9.17, 15) is 14.4 Å². The van der Waals surface area contributed by atoms with Crippen LogP contribution in [-0.2, 0) is 0 Å². The first-order valence-corrected chi connectivity index (χ1v) is 13.6. The van der Waals surface area contributed by atoms with Gasteiger partial charge in [-0.25, -0.2) is 4.98 Å². The lowest BCUT2D eigenvalue weighted by Crippen LogP contribution is -2.38. The molecule has 0 aliphatic carbocycles. The number of carbonyl (C=O) groups excluding carboxylic acids is 3. The van der Waals surface area contributed by atoms with E-state index in [1.807, 2.05) is 42.2 Å². The lowest BCUT2D eigenvalue weighted by Gasteiger charge is -2.32. The SMILES string of the molecule is Cc1ccc(C(=O)N2CCC(c3ccc(C#N)cc3)CC2)cc1NC(=O)c1ccnc(Nc2cccc(C(N)=O)c2)c1. The molecule has 0 atom stereocenters. The van der Waals surface area contributed by atoms with Gasteiger partial charge in [-0.3, -0.25) is 14.4 Å². The van der Waals surface area contributed by atoms with Gasteiger partial charge in [0.05, 0.1) is 11.6 Å². The number of likely N-dealkylation sites (tertiary alicyclic amines) is 1. The fourth-order valence-electron chi connectivity index (χ4n) is 5.05. The molecule has 4 N–H and O–H groups in total. The largest absolute Gasteiger partial charge is 0.366 e. The fraction of sp³-hybridized carbons (Fsp3) is 0.182. The van der Waals surface area contributed by atoms with E-state index in [4.69, 9.17) is 11.0 Å². The number of piperidine rings is 1. The maximum absolute atomic E-state index is 13.4. The van der Waals surface area contributed by atoms with E-state index in [1.165, 1.54) is 11.8 Å². The van der Waals surface area contributed by atoms with Gasteiger partial charge in [-0.2, -0.15) is 5.26 Å². The number of hydrogen-bond acceptors (Lipinski definition) is 6. The van der Waals surface area contributed by atoms with Crippen molar-refractivity contribution >= 4 is 34.9 Å². The number of aromatic nitrogens is 1. The number of nitrogens with zero attached hydrogens (tertiary/aromatic N) is 3. The van der Waals surface area contributed by atoms with Crippen molar-refractivity contribution in [3.05, 3.63) is 118 Å². The van der Waals surface area contributed by atoms with E-state index in [0.29, 0.717) is 58.5 Å². The predicted molar refractivity (Wildman–Crippen MR) is 161 cm³/mol. The predicted octanol–water partition coefficient (Wildman–Crippen LogP) is 5.38. The Balaban J connectivity index is 1.23. The van der Waals surface area contributed by atoms with Crippen LogP contribution in [0.15, 0.2) is 85.1 Å². The number of pyridine rings is 1. The van der Waals surface area contributed by atoms with Crippen LogP contribution < -0.4 is 16.4 Å². The monoisotopic (exact) mass is 558 g/mol. The normalized spacial score (nSPS) is 13.2. The van der Waals surface area contributed by atoms with Gasteiger partial charge in [0.25, 0.3) is 11.8 Å². The number of carbonyl (C=O) groups is 3. The molecule has 3 aromatic carbocycles. The van der Waals surface area contributed by atoms with E-state index in [1.54, 1.807) is 48.5 Å². The zero-order chi connectivity index (χ0) is 29.6. The first-order valence-electron chi connectivity index (χ1n) is 13.6. The average Bonchev–Trinajstić information content (AvgIpc) is 3.02. The van der Waals surface area contributed by atoms with E-state index in [2.05, 4.69) is 21.7 Å². The smallest absolute Gasteiger partial charge is 0.255 e. The molecule has 1 saturated heterocycles. The summed E-state index contributed by atoms with van der Waals surface area (Å²) in [6.45, 7) is 3.14. The van der Waals surface area contributed by atoms with Gasteiger partial charge in [0.2, 0.25) is 5.91 Å². The molecule has 210 valence electrons. The highest BCUT2D eigenvalue weighted by Gasteiger charge is 2.25. The minimum absolute atomic E-state index is 0.0719. The summed E-state index contributed by atoms with van der Waals surface area (Å²) in [5.41, 5.74) is 10.4. The molecule has 0 bridgehead atoms. The summed E-state index contributed by atoms with van der Waals surface area (Å²) in [4.78, 5) is 44.1. The molecule has 42 heavy (non-hydrogen) atoms. The average molecular weight is 559 g/mol. The highest BCUT2D eigenvalue weighted by molar-refractivity contribution is 6.06. The summed E-state index contributed by atoms with van der Waals surface area (Å²) in [6, 6.07) is 25.1. The van der Waals surface area contributed by atoms with Crippen LogP contribution in [0.3, 0.4) is 0 Å². The van der Waals surface area contributed by atoms with Crippen LogP contribution >= 0.6 is 0 Å². The Morgan fingerprint density at radius 2 is 1.69 bits per heavy atom. The molecule has 1 fully saturated rings. The zero-order valence-electron chi connectivity index (χ0n) is 23.1. The van der Waals surface area contributed by atoms with Gasteiger partial charge in [-0.05, 0) is 91.4 Å². The van der Waals surface area contributed by atoms with E-state index in [-0.39, 0.29) is 11.8 Å². The van der Waals surface area contributed by atoms with Crippen LogP contribution in [0.1, 0.15) is 66.5 Å². The summed E-state index contributed by atoms with van der Waals surface area (Å²) in [7, 11) is 0. The highest BCUT2D eigenvalue weighted by Crippen LogP contribution is 2.29. The maximum atomic E-state index is 13.4. The van der Waals surface area contributed by atoms with Crippen LogP contribution in [0.25, 0.3) is 0 Å². The lowest BCUT2D eigenvalue weighted by atomic mass is 9.89. The van der Waals surface area contributed by atoms with E-state index < -0.39 is 5.91 Å². The molecule has 2 heterocycles. The summed E-state index contributed by atoms with van der Waals surface area (Å²) >= 11 is 0. The van der Waals surface area contributed by atoms with Gasteiger partial charge >= 0.3 is 0 Å². The van der Waals surface area contributed by atoms with Crippen LogP contribution in [0, 0.1) is 18.3 Å². The maximum Gasteiger partial charge on any atom is 0.255 e.